The van der Waals surface area contributed by atoms with Crippen LogP contribution in [0, 0.1) is 5.92 Å². The zero-order valence-electron chi connectivity index (χ0n) is 15.5. The zero-order valence-corrected chi connectivity index (χ0v) is 16.3. The van der Waals surface area contributed by atoms with Gasteiger partial charge < -0.3 is 10.1 Å². The molecule has 2 unspecified atom stereocenters. The van der Waals surface area contributed by atoms with Gasteiger partial charge in [-0.3, -0.25) is 0 Å². The first kappa shape index (κ1) is 20.4. The average Bonchev–Trinajstić information content (AvgIpc) is 2.62. The minimum absolute atomic E-state index is 0.171. The Bertz CT molecular complexity index is 592. The van der Waals surface area contributed by atoms with Gasteiger partial charge in [-0.1, -0.05) is 37.3 Å². The Hall–Kier alpha value is -0.950. The predicted octanol–water partition coefficient (Wildman–Crippen LogP) is 2.63. The molecule has 142 valence electrons. The monoisotopic (exact) mass is 368 g/mol. The molecule has 1 aromatic rings. The summed E-state index contributed by atoms with van der Waals surface area (Å²) in [5.74, 6) is 0.571. The summed E-state index contributed by atoms with van der Waals surface area (Å²) in [4.78, 5) is 0. The van der Waals surface area contributed by atoms with Gasteiger partial charge in [0.15, 0.2) is 0 Å². The summed E-state index contributed by atoms with van der Waals surface area (Å²) in [6.07, 6.45) is 2.59. The third kappa shape index (κ3) is 6.70. The van der Waals surface area contributed by atoms with Gasteiger partial charge in [0.1, 0.15) is 0 Å². The van der Waals surface area contributed by atoms with Crippen molar-refractivity contribution in [3.63, 3.8) is 0 Å². The molecule has 1 aliphatic rings. The van der Waals surface area contributed by atoms with Crippen LogP contribution in [0.5, 0.6) is 0 Å². The molecule has 2 atom stereocenters. The highest BCUT2D eigenvalue weighted by Gasteiger charge is 2.30. The number of hydrogen-bond acceptors (Lipinski definition) is 4. The second-order valence-corrected chi connectivity index (χ2v) is 8.90. The molecule has 0 bridgehead atoms. The van der Waals surface area contributed by atoms with E-state index < -0.39 is 10.0 Å². The fourth-order valence-electron chi connectivity index (χ4n) is 3.36. The van der Waals surface area contributed by atoms with E-state index in [4.69, 9.17) is 4.74 Å². The van der Waals surface area contributed by atoms with Crippen LogP contribution in [0.15, 0.2) is 30.3 Å². The molecule has 5 nitrogen and oxygen atoms in total. The Labute approximate surface area is 152 Å². The zero-order chi connectivity index (χ0) is 18.1. The maximum absolute atomic E-state index is 12.6. The van der Waals surface area contributed by atoms with E-state index in [-0.39, 0.29) is 5.75 Å². The topological polar surface area (TPSA) is 58.6 Å². The molecule has 1 heterocycles. The number of piperidine rings is 1. The molecule has 0 aromatic heterocycles. The van der Waals surface area contributed by atoms with Crippen LogP contribution in [0.3, 0.4) is 0 Å². The predicted molar refractivity (Wildman–Crippen MR) is 102 cm³/mol. The summed E-state index contributed by atoms with van der Waals surface area (Å²) < 4.78 is 32.5. The first-order valence-electron chi connectivity index (χ1n) is 9.36. The summed E-state index contributed by atoms with van der Waals surface area (Å²) in [7, 11) is -3.18. The maximum atomic E-state index is 12.6. The second kappa shape index (κ2) is 10.3. The summed E-state index contributed by atoms with van der Waals surface area (Å²) in [6.45, 7) is 7.46. The van der Waals surface area contributed by atoms with Crippen LogP contribution >= 0.6 is 0 Å². The van der Waals surface area contributed by atoms with Crippen LogP contribution in [0.2, 0.25) is 0 Å². The van der Waals surface area contributed by atoms with Gasteiger partial charge >= 0.3 is 0 Å². The normalized spacial score (nSPS) is 20.5. The summed E-state index contributed by atoms with van der Waals surface area (Å²) >= 11 is 0. The number of benzene rings is 1. The molecular formula is C19H32N2O3S. The maximum Gasteiger partial charge on any atom is 0.214 e. The number of ether oxygens (including phenoxy) is 1. The van der Waals surface area contributed by atoms with E-state index in [9.17, 15) is 8.42 Å². The number of hydrogen-bond donors (Lipinski definition) is 1. The van der Waals surface area contributed by atoms with Crippen molar-refractivity contribution in [3.05, 3.63) is 35.9 Å². The minimum Gasteiger partial charge on any atom is -0.377 e. The highest BCUT2D eigenvalue weighted by atomic mass is 32.2. The van der Waals surface area contributed by atoms with Gasteiger partial charge in [0.05, 0.1) is 12.4 Å². The van der Waals surface area contributed by atoms with Gasteiger partial charge in [0.25, 0.3) is 0 Å². The second-order valence-electron chi connectivity index (χ2n) is 6.81. The highest BCUT2D eigenvalue weighted by Crippen LogP contribution is 2.22. The Kier molecular flexibility index (Phi) is 8.36. The van der Waals surface area contributed by atoms with Crippen molar-refractivity contribution >= 4 is 10.0 Å². The van der Waals surface area contributed by atoms with Gasteiger partial charge in [0, 0.05) is 25.7 Å². The van der Waals surface area contributed by atoms with Gasteiger partial charge in [-0.2, -0.15) is 0 Å². The molecule has 2 rings (SSSR count). The molecule has 25 heavy (non-hydrogen) atoms. The highest BCUT2D eigenvalue weighted by molar-refractivity contribution is 7.89. The van der Waals surface area contributed by atoms with Crippen LogP contribution in [0.4, 0.5) is 0 Å². The molecule has 0 spiro atoms. The largest absolute Gasteiger partial charge is 0.377 e. The molecule has 1 saturated heterocycles. The molecule has 1 aromatic carbocycles. The number of rotatable bonds is 10. The number of nitrogens with zero attached hydrogens (tertiary/aromatic N) is 1. The van der Waals surface area contributed by atoms with Crippen molar-refractivity contribution in [1.29, 1.82) is 0 Å². The molecule has 0 amide bonds. The van der Waals surface area contributed by atoms with Gasteiger partial charge in [0.2, 0.25) is 10.0 Å². The van der Waals surface area contributed by atoms with E-state index in [0.29, 0.717) is 44.7 Å². The minimum atomic E-state index is -3.18. The van der Waals surface area contributed by atoms with Crippen molar-refractivity contribution in [2.24, 2.45) is 5.92 Å². The summed E-state index contributed by atoms with van der Waals surface area (Å²) in [6, 6.07) is 10.3. The van der Waals surface area contributed by atoms with Gasteiger partial charge in [-0.05, 0) is 44.2 Å². The Morgan fingerprint density at radius 1 is 1.32 bits per heavy atom. The lowest BCUT2D eigenvalue weighted by Crippen LogP contribution is -2.47. The van der Waals surface area contributed by atoms with Gasteiger partial charge in [-0.25, -0.2) is 12.7 Å². The van der Waals surface area contributed by atoms with Crippen LogP contribution in [0.25, 0.3) is 0 Å². The average molecular weight is 369 g/mol. The number of nitrogens with one attached hydrogen (secondary N) is 1. The Morgan fingerprint density at radius 2 is 2.08 bits per heavy atom. The summed E-state index contributed by atoms with van der Waals surface area (Å²) in [5, 5.41) is 3.42. The quantitative estimate of drug-likeness (QED) is 0.645. The van der Waals surface area contributed by atoms with Crippen LogP contribution in [-0.4, -0.2) is 50.8 Å². The van der Waals surface area contributed by atoms with E-state index in [2.05, 4.69) is 19.2 Å². The molecule has 1 N–H and O–H groups in total. The van der Waals surface area contributed by atoms with E-state index in [1.165, 1.54) is 0 Å². The van der Waals surface area contributed by atoms with Crippen molar-refractivity contribution in [2.75, 3.05) is 32.0 Å². The molecular weight excluding hydrogens is 336 g/mol. The standard InChI is InChI=1S/C19H32N2O3S/c1-3-20-17(2)19-11-7-12-21(15-19)25(22,23)14-8-13-24-16-18-9-5-4-6-10-18/h4-6,9-10,17,19-20H,3,7-8,11-16H2,1-2H3. The van der Waals surface area contributed by atoms with E-state index in [1.807, 2.05) is 30.3 Å². The summed E-state index contributed by atoms with van der Waals surface area (Å²) in [5.41, 5.74) is 1.11. The van der Waals surface area contributed by atoms with Crippen LogP contribution in [0.1, 0.15) is 38.7 Å². The lowest BCUT2D eigenvalue weighted by atomic mass is 9.93. The lowest BCUT2D eigenvalue weighted by Gasteiger charge is -2.35. The van der Waals surface area contributed by atoms with E-state index in [1.54, 1.807) is 4.31 Å². The molecule has 0 saturated carbocycles. The molecule has 1 fully saturated rings. The third-order valence-corrected chi connectivity index (χ3v) is 6.77. The molecule has 0 aliphatic carbocycles. The fourth-order valence-corrected chi connectivity index (χ4v) is 4.93. The smallest absolute Gasteiger partial charge is 0.214 e. The van der Waals surface area contributed by atoms with Gasteiger partial charge in [-0.15, -0.1) is 0 Å². The van der Waals surface area contributed by atoms with Crippen molar-refractivity contribution in [2.45, 2.75) is 45.8 Å². The van der Waals surface area contributed by atoms with Crippen molar-refractivity contribution in [3.8, 4) is 0 Å². The SMILES string of the molecule is CCNC(C)C1CCCN(S(=O)(=O)CCCOCc2ccccc2)C1. The molecule has 0 radical (unpaired) electrons. The third-order valence-electron chi connectivity index (χ3n) is 4.85. The van der Waals surface area contributed by atoms with E-state index in [0.717, 1.165) is 24.9 Å². The van der Waals surface area contributed by atoms with E-state index >= 15 is 0 Å². The van der Waals surface area contributed by atoms with Crippen LogP contribution < -0.4 is 5.32 Å². The molecule has 6 heteroatoms. The Morgan fingerprint density at radius 3 is 2.80 bits per heavy atom. The first-order chi connectivity index (χ1) is 12.0. The Balaban J connectivity index is 1.73. The number of sulfonamides is 1. The lowest BCUT2D eigenvalue weighted by molar-refractivity contribution is 0.121. The van der Waals surface area contributed by atoms with Crippen molar-refractivity contribution in [1.82, 2.24) is 9.62 Å². The van der Waals surface area contributed by atoms with Crippen molar-refractivity contribution < 1.29 is 13.2 Å². The molecule has 1 aliphatic heterocycles. The van der Waals surface area contributed by atoms with Crippen LogP contribution in [-0.2, 0) is 21.4 Å². The first-order valence-corrected chi connectivity index (χ1v) is 11.0. The fraction of sp³-hybridized carbons (Fsp3) is 0.684.